The van der Waals surface area contributed by atoms with Gasteiger partial charge in [-0.05, 0) is 87.5 Å². The fraction of sp³-hybridized carbons (Fsp3) is 0.500. The number of alkyl halides is 2. The molecule has 1 saturated carbocycles. The fourth-order valence-electron chi connectivity index (χ4n) is 10.4. The molecule has 53 heavy (non-hydrogen) atoms. The molecule has 0 radical (unpaired) electrons. The molecule has 3 atom stereocenters. The van der Waals surface area contributed by atoms with Crippen LogP contribution in [0.1, 0.15) is 73.9 Å². The molecule has 9 rings (SSSR count). The monoisotopic (exact) mass is 723 g/mol. The molecule has 7 nitrogen and oxygen atoms in total. The summed E-state index contributed by atoms with van der Waals surface area (Å²) < 4.78 is 60.9. The summed E-state index contributed by atoms with van der Waals surface area (Å²) in [6, 6.07) is 6.72. The van der Waals surface area contributed by atoms with E-state index in [-0.39, 0.29) is 46.4 Å². The van der Waals surface area contributed by atoms with E-state index >= 15 is 8.78 Å². The molecule has 3 aromatic carbocycles. The molecule has 11 heteroatoms. The maximum absolute atomic E-state index is 17.7. The van der Waals surface area contributed by atoms with E-state index in [4.69, 9.17) is 22.1 Å². The number of hydrogen-bond donors (Lipinski definition) is 1. The van der Waals surface area contributed by atoms with Gasteiger partial charge in [0.05, 0.1) is 16.6 Å². The van der Waals surface area contributed by atoms with E-state index in [1.807, 2.05) is 13.0 Å². The third-order valence-corrected chi connectivity index (χ3v) is 12.9. The maximum Gasteiger partial charge on any atom is 0.252 e. The first-order valence-electron chi connectivity index (χ1n) is 19.1. The van der Waals surface area contributed by atoms with Crippen molar-refractivity contribution >= 4 is 39.4 Å². The quantitative estimate of drug-likeness (QED) is 0.0878. The summed E-state index contributed by atoms with van der Waals surface area (Å²) in [5.41, 5.74) is 9.31. The van der Waals surface area contributed by atoms with Gasteiger partial charge in [0.1, 0.15) is 23.0 Å². The van der Waals surface area contributed by atoms with Crippen LogP contribution in [0.2, 0.25) is 0 Å². The number of aryl methyl sites for hydroxylation is 2. The molecule has 3 unspecified atom stereocenters. The number of aliphatic imine (C=N–C) groups is 1. The first-order chi connectivity index (χ1) is 25.5. The van der Waals surface area contributed by atoms with Crippen LogP contribution >= 0.6 is 0 Å². The van der Waals surface area contributed by atoms with E-state index in [2.05, 4.69) is 25.6 Å². The van der Waals surface area contributed by atoms with Crippen molar-refractivity contribution in [2.45, 2.75) is 88.3 Å². The van der Waals surface area contributed by atoms with Crippen LogP contribution in [0.4, 0.5) is 29.1 Å². The summed E-state index contributed by atoms with van der Waals surface area (Å²) in [6.45, 7) is 5.75. The number of piperazine rings is 1. The number of hydrogen-bond acceptors (Lipinski definition) is 7. The zero-order valence-electron chi connectivity index (χ0n) is 30.4. The predicted molar refractivity (Wildman–Crippen MR) is 203 cm³/mol. The normalized spacial score (nSPS) is 24.8. The zero-order chi connectivity index (χ0) is 36.8. The fourth-order valence-corrected chi connectivity index (χ4v) is 10.4. The number of fused-ring (bicyclic) bond motifs is 5. The van der Waals surface area contributed by atoms with Gasteiger partial charge in [-0.2, -0.15) is 0 Å². The van der Waals surface area contributed by atoms with Crippen molar-refractivity contribution in [2.75, 3.05) is 50.4 Å². The Labute approximate surface area is 307 Å². The second-order valence-corrected chi connectivity index (χ2v) is 16.2. The number of anilines is 2. The van der Waals surface area contributed by atoms with Crippen LogP contribution in [0.5, 0.6) is 0 Å². The minimum Gasteiger partial charge on any atom is -0.398 e. The molecule has 2 bridgehead atoms. The van der Waals surface area contributed by atoms with E-state index in [0.29, 0.717) is 65.0 Å². The van der Waals surface area contributed by atoms with Gasteiger partial charge in [0.2, 0.25) is 0 Å². The predicted octanol–water partition coefficient (Wildman–Crippen LogP) is 7.52. The average Bonchev–Trinajstić information content (AvgIpc) is 3.42. The number of benzene rings is 3. The molecule has 4 saturated heterocycles. The first kappa shape index (κ1) is 34.5. The van der Waals surface area contributed by atoms with Crippen LogP contribution in [0.3, 0.4) is 0 Å². The Bertz CT molecular complexity index is 2200. The van der Waals surface area contributed by atoms with Gasteiger partial charge in [-0.15, -0.1) is 6.42 Å². The van der Waals surface area contributed by atoms with Crippen molar-refractivity contribution in [1.82, 2.24) is 19.8 Å². The minimum absolute atomic E-state index is 0.0167. The summed E-state index contributed by atoms with van der Waals surface area (Å²) in [6.07, 6.45) is 15.3. The highest BCUT2D eigenvalue weighted by Crippen LogP contribution is 2.50. The molecular formula is C42H45F4N7. The Morgan fingerprint density at radius 1 is 1.06 bits per heavy atom. The molecule has 4 aromatic rings. The van der Waals surface area contributed by atoms with Gasteiger partial charge >= 0.3 is 0 Å². The van der Waals surface area contributed by atoms with Gasteiger partial charge in [0, 0.05) is 85.8 Å². The number of terminal acetylenes is 1. The van der Waals surface area contributed by atoms with Crippen LogP contribution in [0.15, 0.2) is 29.3 Å². The Hall–Kier alpha value is -4.27. The molecule has 276 valence electrons. The molecule has 5 heterocycles. The standard InChI is InChI=1S/C42H45F4N7/c1-4-29-32(43)10-7-25-17-24(2)18-30(34(25)29)35-37(44)39-36(31(20-48-3)38(35)47)40(50-33(49-39)11-14-41-12-5-15-52(41)16-6-13-41)53-27-8-9-28(53)23-51(22-27)21-26-19-42(26,45)46/h1,7,10,17-18,20,26-28H,5-6,8-9,11-16,19,21-23,47H2,2-3H3. The highest BCUT2D eigenvalue weighted by atomic mass is 19.3. The summed E-state index contributed by atoms with van der Waals surface area (Å²) in [5, 5.41) is 1.58. The van der Waals surface area contributed by atoms with E-state index in [1.165, 1.54) is 18.9 Å². The Morgan fingerprint density at radius 2 is 1.77 bits per heavy atom. The van der Waals surface area contributed by atoms with Crippen LogP contribution in [-0.2, 0) is 6.42 Å². The smallest absolute Gasteiger partial charge is 0.252 e. The number of aromatic nitrogens is 2. The van der Waals surface area contributed by atoms with Gasteiger partial charge < -0.3 is 10.6 Å². The van der Waals surface area contributed by atoms with E-state index in [1.54, 1.807) is 25.4 Å². The van der Waals surface area contributed by atoms with Crippen molar-refractivity contribution in [3.8, 4) is 23.5 Å². The molecule has 4 aliphatic heterocycles. The third-order valence-electron chi connectivity index (χ3n) is 12.9. The number of nitrogens with zero attached hydrogens (tertiary/aromatic N) is 6. The third kappa shape index (κ3) is 5.58. The second kappa shape index (κ2) is 12.7. The molecule has 5 fully saturated rings. The summed E-state index contributed by atoms with van der Waals surface area (Å²) >= 11 is 0. The van der Waals surface area contributed by atoms with Crippen LogP contribution in [0.25, 0.3) is 32.8 Å². The largest absolute Gasteiger partial charge is 0.398 e. The molecular weight excluding hydrogens is 679 g/mol. The lowest BCUT2D eigenvalue weighted by Crippen LogP contribution is -2.54. The number of nitrogens with two attached hydrogens (primary N) is 1. The molecule has 5 aliphatic rings. The van der Waals surface area contributed by atoms with Gasteiger partial charge in [-0.25, -0.2) is 27.5 Å². The Balaban J connectivity index is 1.24. The number of likely N-dealkylation sites (tertiary alicyclic amines) is 1. The van der Waals surface area contributed by atoms with Crippen molar-refractivity contribution in [2.24, 2.45) is 10.9 Å². The number of nitrogen functional groups attached to an aromatic ring is 1. The van der Waals surface area contributed by atoms with Crippen molar-refractivity contribution in [3.05, 3.63) is 58.4 Å². The second-order valence-electron chi connectivity index (χ2n) is 16.2. The Morgan fingerprint density at radius 3 is 2.43 bits per heavy atom. The summed E-state index contributed by atoms with van der Waals surface area (Å²) in [7, 11) is 1.64. The molecule has 0 spiro atoms. The van der Waals surface area contributed by atoms with Gasteiger partial charge in [0.25, 0.3) is 5.92 Å². The maximum atomic E-state index is 17.7. The van der Waals surface area contributed by atoms with Crippen molar-refractivity contribution in [3.63, 3.8) is 0 Å². The van der Waals surface area contributed by atoms with Crippen molar-refractivity contribution in [1.29, 1.82) is 0 Å². The van der Waals surface area contributed by atoms with Gasteiger partial charge in [0.15, 0.2) is 5.82 Å². The van der Waals surface area contributed by atoms with E-state index < -0.39 is 23.5 Å². The average molecular weight is 724 g/mol. The van der Waals surface area contributed by atoms with Gasteiger partial charge in [-0.3, -0.25) is 14.8 Å². The molecule has 1 aliphatic carbocycles. The SMILES string of the molecule is C#Cc1c(F)ccc2cc(C)cc(-c3c(N)c(C=NC)c4c(N5C6CCC5CN(CC5CC5(F)F)C6)nc(CCC56CCCN5CCC6)nc4c3F)c12. The molecule has 2 N–H and O–H groups in total. The lowest BCUT2D eigenvalue weighted by molar-refractivity contribution is 0.0836. The summed E-state index contributed by atoms with van der Waals surface area (Å²) in [4.78, 5) is 21.8. The van der Waals surface area contributed by atoms with Crippen LogP contribution in [-0.4, -0.2) is 89.3 Å². The van der Waals surface area contributed by atoms with Crippen LogP contribution in [0, 0.1) is 36.8 Å². The first-order valence-corrected chi connectivity index (χ1v) is 19.1. The number of halogens is 4. The van der Waals surface area contributed by atoms with E-state index in [9.17, 15) is 8.78 Å². The van der Waals surface area contributed by atoms with Gasteiger partial charge in [-0.1, -0.05) is 24.1 Å². The topological polar surface area (TPSA) is 73.9 Å². The molecule has 0 amide bonds. The lowest BCUT2D eigenvalue weighted by Gasteiger charge is -2.42. The minimum atomic E-state index is -2.57. The van der Waals surface area contributed by atoms with Crippen molar-refractivity contribution < 1.29 is 17.6 Å². The highest BCUT2D eigenvalue weighted by molar-refractivity contribution is 6.15. The van der Waals surface area contributed by atoms with Crippen LogP contribution < -0.4 is 10.6 Å². The number of rotatable bonds is 8. The van der Waals surface area contributed by atoms with E-state index in [0.717, 1.165) is 50.8 Å². The Kier molecular flexibility index (Phi) is 8.24. The zero-order valence-corrected chi connectivity index (χ0v) is 30.4. The summed E-state index contributed by atoms with van der Waals surface area (Å²) in [5.74, 6) is -0.655. The molecule has 1 aromatic heterocycles. The highest BCUT2D eigenvalue weighted by Gasteiger charge is 2.57. The lowest BCUT2D eigenvalue weighted by atomic mass is 9.88.